The van der Waals surface area contributed by atoms with Gasteiger partial charge < -0.3 is 3.79 Å². The number of hydrogen-bond acceptors (Lipinski definition) is 2. The molecule has 0 aromatic carbocycles. The summed E-state index contributed by atoms with van der Waals surface area (Å²) in [4.78, 5) is 4.27. The van der Waals surface area contributed by atoms with Crippen LogP contribution in [0.5, 0.6) is 0 Å². The third kappa shape index (κ3) is 6.29. The first kappa shape index (κ1) is 16.7. The molecule has 0 amide bonds. The molecule has 0 bridgehead atoms. The fourth-order valence-electron chi connectivity index (χ4n) is 1.95. The van der Waals surface area contributed by atoms with Gasteiger partial charge in [-0.1, -0.05) is 41.5 Å². The van der Waals surface area contributed by atoms with Crippen molar-refractivity contribution < 1.29 is 3.79 Å². The second-order valence-corrected chi connectivity index (χ2v) is 8.93. The van der Waals surface area contributed by atoms with Crippen molar-refractivity contribution in [3.63, 3.8) is 0 Å². The minimum atomic E-state index is -1.16. The van der Waals surface area contributed by atoms with E-state index in [1.807, 2.05) is 7.05 Å². The lowest BCUT2D eigenvalue weighted by Gasteiger charge is -2.22. The van der Waals surface area contributed by atoms with Gasteiger partial charge in [-0.05, 0) is 28.5 Å². The maximum Gasteiger partial charge on any atom is 0.552 e. The molecule has 0 aromatic heterocycles. The van der Waals surface area contributed by atoms with Crippen molar-refractivity contribution in [1.29, 1.82) is 0 Å². The molecule has 0 aliphatic heterocycles. The molecule has 0 aromatic rings. The Bertz CT molecular complexity index is 261. The monoisotopic (exact) mass is 253 g/mol. The molecule has 0 spiro atoms. The fourth-order valence-corrected chi connectivity index (χ4v) is 4.61. The van der Waals surface area contributed by atoms with Gasteiger partial charge in [-0.25, -0.2) is 0 Å². The Labute approximate surface area is 112 Å². The summed E-state index contributed by atoms with van der Waals surface area (Å²) in [5.74, 6) is 1.12. The quantitative estimate of drug-likeness (QED) is 0.369. The number of aliphatic imine (C=N–C) groups is 1. The van der Waals surface area contributed by atoms with Crippen LogP contribution in [0.1, 0.15) is 54.4 Å². The van der Waals surface area contributed by atoms with Crippen molar-refractivity contribution in [3.05, 3.63) is 11.8 Å². The van der Waals surface area contributed by atoms with Gasteiger partial charge in [0.15, 0.2) is 0 Å². The molecular weight excluding hydrogens is 225 g/mol. The molecule has 0 rings (SSSR count). The number of nitrogens with zero attached hydrogens (tertiary/aromatic N) is 1. The minimum Gasteiger partial charge on any atom is -0.645 e. The van der Waals surface area contributed by atoms with Crippen molar-refractivity contribution in [2.24, 2.45) is 4.99 Å². The number of rotatable bonds is 7. The third-order valence-electron chi connectivity index (χ3n) is 2.93. The molecule has 2 nitrogen and oxygen atoms in total. The molecule has 0 radical (unpaired) electrons. The molecule has 3 heteroatoms. The summed E-state index contributed by atoms with van der Waals surface area (Å²) in [5.41, 5.74) is 1.13. The summed E-state index contributed by atoms with van der Waals surface area (Å²) >= 11 is -1.16. The SMILES string of the molecule is CCC(/C=C(/CC)[O][Al]([CH](C)C)[CH](C)C)=NC. The zero-order chi connectivity index (χ0) is 13.4. The highest BCUT2D eigenvalue weighted by Gasteiger charge is 2.32. The van der Waals surface area contributed by atoms with E-state index in [2.05, 4.69) is 52.6 Å². The van der Waals surface area contributed by atoms with Crippen LogP contribution < -0.4 is 0 Å². The van der Waals surface area contributed by atoms with Crippen LogP contribution >= 0.6 is 0 Å². The largest absolute Gasteiger partial charge is 0.645 e. The molecular formula is C14H28AlNO. The first-order valence-electron chi connectivity index (χ1n) is 6.79. The van der Waals surface area contributed by atoms with Gasteiger partial charge in [-0.2, -0.15) is 0 Å². The van der Waals surface area contributed by atoms with Crippen LogP contribution in [0, 0.1) is 0 Å². The summed E-state index contributed by atoms with van der Waals surface area (Å²) < 4.78 is 7.63. The maximum atomic E-state index is 6.28. The number of allylic oxidation sites excluding steroid dienone is 2. The van der Waals surface area contributed by atoms with Crippen molar-refractivity contribution in [1.82, 2.24) is 0 Å². The Morgan fingerprint density at radius 2 is 1.65 bits per heavy atom. The lowest BCUT2D eigenvalue weighted by Crippen LogP contribution is -2.25. The van der Waals surface area contributed by atoms with E-state index in [1.54, 1.807) is 0 Å². The van der Waals surface area contributed by atoms with Gasteiger partial charge in [-0.15, -0.1) is 0 Å². The average molecular weight is 253 g/mol. The van der Waals surface area contributed by atoms with Gasteiger partial charge in [0.2, 0.25) is 0 Å². The van der Waals surface area contributed by atoms with E-state index in [0.717, 1.165) is 24.3 Å². The normalized spacial score (nSPS) is 13.5. The van der Waals surface area contributed by atoms with Crippen molar-refractivity contribution in [2.75, 3.05) is 7.05 Å². The van der Waals surface area contributed by atoms with Gasteiger partial charge in [0.05, 0.1) is 5.76 Å². The van der Waals surface area contributed by atoms with Crippen LogP contribution in [-0.2, 0) is 3.79 Å². The topological polar surface area (TPSA) is 21.6 Å². The predicted octanol–water partition coefficient (Wildman–Crippen LogP) is 4.59. The van der Waals surface area contributed by atoms with E-state index in [1.165, 1.54) is 0 Å². The Balaban J connectivity index is 4.79. The molecule has 0 atom stereocenters. The zero-order valence-corrected chi connectivity index (χ0v) is 13.7. The number of hydrogen-bond donors (Lipinski definition) is 0. The highest BCUT2D eigenvalue weighted by atomic mass is 27.2. The highest BCUT2D eigenvalue weighted by molar-refractivity contribution is 6.55. The van der Waals surface area contributed by atoms with Crippen LogP contribution in [0.4, 0.5) is 0 Å². The third-order valence-corrected chi connectivity index (χ3v) is 6.13. The van der Waals surface area contributed by atoms with Crippen LogP contribution in [0.3, 0.4) is 0 Å². The molecule has 0 aliphatic carbocycles. The first-order chi connectivity index (χ1) is 7.96. The molecule has 17 heavy (non-hydrogen) atoms. The van der Waals surface area contributed by atoms with E-state index in [4.69, 9.17) is 3.79 Å². The summed E-state index contributed by atoms with van der Waals surface area (Å²) in [5, 5.41) is 0. The van der Waals surface area contributed by atoms with Gasteiger partial charge in [0.1, 0.15) is 0 Å². The van der Waals surface area contributed by atoms with Gasteiger partial charge in [0.25, 0.3) is 0 Å². The fraction of sp³-hybridized carbons (Fsp3) is 0.786. The van der Waals surface area contributed by atoms with E-state index < -0.39 is 14.5 Å². The molecule has 0 aliphatic rings. The van der Waals surface area contributed by atoms with Crippen molar-refractivity contribution >= 4 is 20.2 Å². The first-order valence-corrected chi connectivity index (χ1v) is 8.59. The lowest BCUT2D eigenvalue weighted by molar-refractivity contribution is 0.398. The van der Waals surface area contributed by atoms with E-state index in [-0.39, 0.29) is 0 Å². The molecule has 0 unspecified atom stereocenters. The Kier molecular flexibility index (Phi) is 8.65. The van der Waals surface area contributed by atoms with Gasteiger partial charge >= 0.3 is 14.5 Å². The summed E-state index contributed by atoms with van der Waals surface area (Å²) in [7, 11) is 1.85. The highest BCUT2D eigenvalue weighted by Crippen LogP contribution is 2.24. The summed E-state index contributed by atoms with van der Waals surface area (Å²) in [6, 6.07) is 0. The van der Waals surface area contributed by atoms with Gasteiger partial charge in [-0.3, -0.25) is 4.99 Å². The Morgan fingerprint density at radius 3 is 1.94 bits per heavy atom. The molecule has 0 saturated heterocycles. The molecule has 0 N–H and O–H groups in total. The van der Waals surface area contributed by atoms with E-state index in [9.17, 15) is 0 Å². The zero-order valence-electron chi connectivity index (χ0n) is 12.6. The van der Waals surface area contributed by atoms with Crippen LogP contribution in [-0.4, -0.2) is 27.2 Å². The Morgan fingerprint density at radius 1 is 1.12 bits per heavy atom. The summed E-state index contributed by atoms with van der Waals surface area (Å²) in [6.45, 7) is 13.4. The predicted molar refractivity (Wildman–Crippen MR) is 79.1 cm³/mol. The average Bonchev–Trinajstić information content (AvgIpc) is 2.28. The second-order valence-electron chi connectivity index (χ2n) is 5.10. The van der Waals surface area contributed by atoms with Crippen molar-refractivity contribution in [2.45, 2.75) is 63.9 Å². The smallest absolute Gasteiger partial charge is 0.552 e. The second kappa shape index (κ2) is 8.78. The molecule has 0 saturated carbocycles. The maximum absolute atomic E-state index is 6.28. The van der Waals surface area contributed by atoms with Crippen LogP contribution in [0.25, 0.3) is 0 Å². The molecule has 0 heterocycles. The molecule has 98 valence electrons. The lowest BCUT2D eigenvalue weighted by atomic mass is 10.2. The van der Waals surface area contributed by atoms with E-state index in [0.29, 0.717) is 9.56 Å². The van der Waals surface area contributed by atoms with Crippen LogP contribution in [0.15, 0.2) is 16.8 Å². The minimum absolute atomic E-state index is 0.675. The molecule has 0 fully saturated rings. The summed E-state index contributed by atoms with van der Waals surface area (Å²) in [6.07, 6.45) is 4.06. The standard InChI is InChI=1S/C8H15NO.2C3H7.Al/c1-4-7(9-3)6-8(10)5-2;2*1-3-2;/h6,10H,4-5H2,1-3H3;2*3H,1-2H3;/q;;;+1/p-1/b8-6-,9-7?;;;. The van der Waals surface area contributed by atoms with Crippen molar-refractivity contribution in [3.8, 4) is 0 Å². The Hall–Kier alpha value is -0.258. The van der Waals surface area contributed by atoms with E-state index >= 15 is 0 Å². The van der Waals surface area contributed by atoms with Gasteiger partial charge in [0, 0.05) is 12.8 Å². The van der Waals surface area contributed by atoms with Crippen LogP contribution in [0.2, 0.25) is 9.56 Å².